The molecule has 3 heteroatoms. The fourth-order valence-corrected chi connectivity index (χ4v) is 5.38. The lowest BCUT2D eigenvalue weighted by Gasteiger charge is -2.29. The quantitative estimate of drug-likeness (QED) is 0.170. The third-order valence-corrected chi connectivity index (χ3v) is 7.56. The number of fused-ring (bicyclic) bond motifs is 3. The molecule has 3 nitrogen and oxygen atoms in total. The summed E-state index contributed by atoms with van der Waals surface area (Å²) in [6.07, 6.45) is 9.46. The Morgan fingerprint density at radius 3 is 2.38 bits per heavy atom. The highest BCUT2D eigenvalue weighted by Gasteiger charge is 2.35. The predicted octanol–water partition coefficient (Wildman–Crippen LogP) is 9.81. The Labute approximate surface area is 238 Å². The van der Waals surface area contributed by atoms with E-state index in [4.69, 9.17) is 0 Å². The minimum atomic E-state index is -0.110. The van der Waals surface area contributed by atoms with Gasteiger partial charge in [-0.1, -0.05) is 81.6 Å². The number of allylic oxidation sites excluding steroid dienone is 4. The monoisotopic (exact) mass is 521 g/mol. The molecule has 1 heterocycles. The van der Waals surface area contributed by atoms with Gasteiger partial charge in [-0.25, -0.2) is 0 Å². The third-order valence-electron chi connectivity index (χ3n) is 7.56. The van der Waals surface area contributed by atoms with Gasteiger partial charge in [0.05, 0.1) is 5.69 Å². The summed E-state index contributed by atoms with van der Waals surface area (Å²) in [7, 11) is 0. The number of hydrogen-bond acceptors (Lipinski definition) is 3. The predicted molar refractivity (Wildman–Crippen MR) is 171 cm³/mol. The van der Waals surface area contributed by atoms with Crippen LogP contribution in [0.15, 0.2) is 145 Å². The van der Waals surface area contributed by atoms with Gasteiger partial charge in [-0.2, -0.15) is 0 Å². The molecule has 40 heavy (non-hydrogen) atoms. The molecule has 198 valence electrons. The first-order valence-electron chi connectivity index (χ1n) is 13.6. The molecule has 0 saturated heterocycles. The average Bonchev–Trinajstić information content (AvgIpc) is 3.22. The minimum absolute atomic E-state index is 0.110. The fourth-order valence-electron chi connectivity index (χ4n) is 5.38. The van der Waals surface area contributed by atoms with E-state index in [-0.39, 0.29) is 5.41 Å². The van der Waals surface area contributed by atoms with E-state index in [1.54, 1.807) is 6.20 Å². The van der Waals surface area contributed by atoms with Crippen molar-refractivity contribution in [1.29, 1.82) is 0 Å². The molecule has 0 N–H and O–H groups in total. The number of aliphatic imine (C=N–C) groups is 1. The minimum Gasteiger partial charge on any atom is -0.310 e. The van der Waals surface area contributed by atoms with Gasteiger partial charge < -0.3 is 4.90 Å². The van der Waals surface area contributed by atoms with Gasteiger partial charge in [-0.05, 0) is 90.2 Å². The summed E-state index contributed by atoms with van der Waals surface area (Å²) >= 11 is 0. The van der Waals surface area contributed by atoms with Crippen molar-refractivity contribution in [2.45, 2.75) is 33.1 Å². The van der Waals surface area contributed by atoms with Gasteiger partial charge in [0, 0.05) is 46.2 Å². The molecular formula is C37H35N3. The van der Waals surface area contributed by atoms with Crippen molar-refractivity contribution in [3.63, 3.8) is 0 Å². The van der Waals surface area contributed by atoms with Gasteiger partial charge in [0.1, 0.15) is 0 Å². The smallest absolute Gasteiger partial charge is 0.0702 e. The van der Waals surface area contributed by atoms with Gasteiger partial charge in [-0.15, -0.1) is 0 Å². The summed E-state index contributed by atoms with van der Waals surface area (Å²) in [5.41, 5.74) is 11.8. The molecule has 4 aromatic rings. The molecule has 0 aliphatic heterocycles. The number of rotatable bonds is 8. The van der Waals surface area contributed by atoms with E-state index in [1.165, 1.54) is 22.3 Å². The lowest BCUT2D eigenvalue weighted by Crippen LogP contribution is -2.18. The van der Waals surface area contributed by atoms with Crippen LogP contribution in [-0.2, 0) is 5.41 Å². The Morgan fingerprint density at radius 2 is 1.62 bits per heavy atom. The van der Waals surface area contributed by atoms with Crippen LogP contribution in [0, 0.1) is 0 Å². The average molecular weight is 522 g/mol. The molecule has 0 unspecified atom stereocenters. The highest BCUT2D eigenvalue weighted by Crippen LogP contribution is 2.50. The Bertz CT molecular complexity index is 1670. The number of pyridine rings is 1. The number of nitrogens with zero attached hydrogens (tertiary/aromatic N) is 3. The summed E-state index contributed by atoms with van der Waals surface area (Å²) in [4.78, 5) is 11.3. The van der Waals surface area contributed by atoms with Crippen LogP contribution in [0.1, 0.15) is 38.8 Å². The largest absolute Gasteiger partial charge is 0.310 e. The molecule has 0 bridgehead atoms. The summed E-state index contributed by atoms with van der Waals surface area (Å²) in [5.74, 6) is 0. The second kappa shape index (κ2) is 11.2. The van der Waals surface area contributed by atoms with Crippen LogP contribution in [0.5, 0.6) is 0 Å². The topological polar surface area (TPSA) is 28.5 Å². The Hall–Kier alpha value is -4.76. The van der Waals surface area contributed by atoms with Crippen LogP contribution in [0.4, 0.5) is 11.4 Å². The third kappa shape index (κ3) is 4.99. The van der Waals surface area contributed by atoms with E-state index in [2.05, 4.69) is 115 Å². The maximum Gasteiger partial charge on any atom is 0.0702 e. The highest BCUT2D eigenvalue weighted by atomic mass is 15.1. The molecule has 0 amide bonds. The van der Waals surface area contributed by atoms with Crippen LogP contribution in [-0.4, -0.2) is 10.7 Å². The van der Waals surface area contributed by atoms with Crippen LogP contribution in [0.2, 0.25) is 0 Å². The standard InChI is InChI=1S/C37H35N3/c1-7-21-38-27(4)26(3)23-29(8-2)40(30-15-13-14-28(24-30)36-18-11-12-22-39-36)31-19-20-33-32-16-9-10-17-34(32)37(5,6)35(33)25-31/h7-25H,2-3H2,1,4-6H3/b21-7-,29-23?,38-27?. The first kappa shape index (κ1) is 26.8. The van der Waals surface area contributed by atoms with Gasteiger partial charge in [0.25, 0.3) is 0 Å². The number of hydrogen-bond donors (Lipinski definition) is 0. The lowest BCUT2D eigenvalue weighted by atomic mass is 9.82. The van der Waals surface area contributed by atoms with Crippen molar-refractivity contribution in [1.82, 2.24) is 4.98 Å². The van der Waals surface area contributed by atoms with Crippen molar-refractivity contribution in [3.05, 3.63) is 151 Å². The van der Waals surface area contributed by atoms with Gasteiger partial charge in [0.15, 0.2) is 0 Å². The summed E-state index contributed by atoms with van der Waals surface area (Å²) < 4.78 is 0. The number of benzene rings is 3. The molecule has 1 aliphatic rings. The normalized spacial score (nSPS) is 14.1. The molecule has 1 aliphatic carbocycles. The number of anilines is 2. The van der Waals surface area contributed by atoms with E-state index in [0.717, 1.165) is 39.6 Å². The fraction of sp³-hybridized carbons (Fsp3) is 0.135. The highest BCUT2D eigenvalue weighted by molar-refractivity contribution is 6.01. The molecule has 0 fully saturated rings. The maximum atomic E-state index is 4.59. The van der Waals surface area contributed by atoms with E-state index >= 15 is 0 Å². The Kier molecular flexibility index (Phi) is 7.48. The van der Waals surface area contributed by atoms with Crippen LogP contribution in [0.3, 0.4) is 0 Å². The van der Waals surface area contributed by atoms with Crippen LogP contribution in [0.25, 0.3) is 22.4 Å². The number of aromatic nitrogens is 1. The molecule has 0 radical (unpaired) electrons. The summed E-state index contributed by atoms with van der Waals surface area (Å²) in [5, 5.41) is 0. The van der Waals surface area contributed by atoms with E-state index in [0.29, 0.717) is 0 Å². The van der Waals surface area contributed by atoms with Crippen LogP contribution >= 0.6 is 0 Å². The maximum absolute atomic E-state index is 4.59. The van der Waals surface area contributed by atoms with Crippen molar-refractivity contribution < 1.29 is 0 Å². The molecule has 1 aromatic heterocycles. The second-order valence-corrected chi connectivity index (χ2v) is 10.5. The molecule has 5 rings (SSSR count). The van der Waals surface area contributed by atoms with Crippen molar-refractivity contribution in [2.24, 2.45) is 4.99 Å². The molecule has 0 spiro atoms. The summed E-state index contributed by atoms with van der Waals surface area (Å²) in [6.45, 7) is 17.1. The lowest BCUT2D eigenvalue weighted by molar-refractivity contribution is 0.660. The van der Waals surface area contributed by atoms with Gasteiger partial charge in [0.2, 0.25) is 0 Å². The zero-order chi connectivity index (χ0) is 28.3. The molecule has 0 saturated carbocycles. The van der Waals surface area contributed by atoms with Crippen LogP contribution < -0.4 is 4.90 Å². The Balaban J connectivity index is 1.68. The Morgan fingerprint density at radius 1 is 0.875 bits per heavy atom. The second-order valence-electron chi connectivity index (χ2n) is 10.5. The van der Waals surface area contributed by atoms with E-state index in [1.807, 2.05) is 50.4 Å². The van der Waals surface area contributed by atoms with Crippen molar-refractivity contribution >= 4 is 17.1 Å². The van der Waals surface area contributed by atoms with Crippen molar-refractivity contribution in [3.8, 4) is 22.4 Å². The van der Waals surface area contributed by atoms with E-state index in [9.17, 15) is 0 Å². The first-order chi connectivity index (χ1) is 19.3. The molecule has 0 atom stereocenters. The van der Waals surface area contributed by atoms with Gasteiger partial charge in [-0.3, -0.25) is 9.98 Å². The van der Waals surface area contributed by atoms with Gasteiger partial charge >= 0.3 is 0 Å². The molecular weight excluding hydrogens is 486 g/mol. The first-order valence-corrected chi connectivity index (χ1v) is 13.6. The van der Waals surface area contributed by atoms with E-state index < -0.39 is 0 Å². The summed E-state index contributed by atoms with van der Waals surface area (Å²) in [6, 6.07) is 30.0. The zero-order valence-electron chi connectivity index (χ0n) is 23.7. The zero-order valence-corrected chi connectivity index (χ0v) is 23.7. The SMILES string of the molecule is C=CC(=CC(=C)C(C)=N/C=C\C)N(c1cccc(-c2ccccn2)c1)c1ccc2c(c1)C(C)(C)c1ccccc1-2. The molecule has 3 aromatic carbocycles. The van der Waals surface area contributed by atoms with Crippen molar-refractivity contribution in [2.75, 3.05) is 4.90 Å².